The number of halogens is 6. The molecule has 0 bridgehead atoms. The molecule has 0 aliphatic heterocycles. The van der Waals surface area contributed by atoms with Crippen LogP contribution in [0.2, 0.25) is 0 Å². The first-order valence-corrected chi connectivity index (χ1v) is 5.04. The van der Waals surface area contributed by atoms with Crippen molar-refractivity contribution in [3.05, 3.63) is 35.4 Å². The average molecular weight is 336 g/mol. The van der Waals surface area contributed by atoms with Crippen LogP contribution in [0.3, 0.4) is 0 Å². The molecule has 78 valence electrons. The predicted octanol–water partition coefficient (Wildman–Crippen LogP) is 4.58. The summed E-state index contributed by atoms with van der Waals surface area (Å²) in [4.78, 5) is -6.37. The van der Waals surface area contributed by atoms with E-state index in [9.17, 15) is 17.6 Å². The van der Waals surface area contributed by atoms with E-state index in [1.165, 1.54) is 0 Å². The summed E-state index contributed by atoms with van der Waals surface area (Å²) in [6, 6.07) is 3.77. The maximum Gasteiger partial charge on any atom is 0.326 e. The fourth-order valence-electron chi connectivity index (χ4n) is 0.848. The van der Waals surface area contributed by atoms with Gasteiger partial charge in [0.15, 0.2) is 0 Å². The van der Waals surface area contributed by atoms with Gasteiger partial charge in [0.1, 0.15) is 0 Å². The van der Waals surface area contributed by atoms with Gasteiger partial charge in [0.05, 0.1) is 0 Å². The first kappa shape index (κ1) is 12.0. The Morgan fingerprint density at radius 1 is 0.714 bits per heavy atom. The molecule has 1 aromatic rings. The number of rotatable bonds is 2. The van der Waals surface area contributed by atoms with Gasteiger partial charge >= 0.3 is 9.66 Å². The van der Waals surface area contributed by atoms with Crippen LogP contribution in [0.15, 0.2) is 24.3 Å². The molecule has 0 heterocycles. The average Bonchev–Trinajstić information content (AvgIpc) is 2.01. The normalized spacial score (nSPS) is 13.0. The van der Waals surface area contributed by atoms with Crippen molar-refractivity contribution in [3.8, 4) is 0 Å². The van der Waals surface area contributed by atoms with Crippen LogP contribution in [0.25, 0.3) is 0 Å². The molecule has 0 unspecified atom stereocenters. The van der Waals surface area contributed by atoms with E-state index in [0.29, 0.717) is 0 Å². The van der Waals surface area contributed by atoms with Gasteiger partial charge in [-0.05, 0) is 31.9 Å². The lowest BCUT2D eigenvalue weighted by Crippen LogP contribution is -2.05. The lowest BCUT2D eigenvalue weighted by atomic mass is 10.1. The number of alkyl halides is 6. The Bertz CT molecular complexity index is 277. The molecule has 1 aromatic carbocycles. The Balaban J connectivity index is 3.02. The van der Waals surface area contributed by atoms with Crippen LogP contribution in [0.5, 0.6) is 0 Å². The second-order valence-electron chi connectivity index (χ2n) is 2.57. The van der Waals surface area contributed by atoms with Gasteiger partial charge in [-0.3, -0.25) is 0 Å². The van der Waals surface area contributed by atoms with E-state index in [2.05, 4.69) is 31.9 Å². The summed E-state index contributed by atoms with van der Waals surface area (Å²) in [5.41, 5.74) is -0.726. The minimum Gasteiger partial charge on any atom is -0.188 e. The molecular weight excluding hydrogens is 332 g/mol. The predicted molar refractivity (Wildman–Crippen MR) is 52.1 cm³/mol. The molecule has 0 saturated heterocycles. The number of hydrogen-bond acceptors (Lipinski definition) is 0. The molecule has 0 atom stereocenters. The zero-order chi connectivity index (χ0) is 11.0. The van der Waals surface area contributed by atoms with Gasteiger partial charge in [-0.15, -0.1) is 0 Å². The zero-order valence-corrected chi connectivity index (χ0v) is 9.75. The van der Waals surface area contributed by atoms with Gasteiger partial charge in [-0.25, -0.2) is 0 Å². The van der Waals surface area contributed by atoms with Gasteiger partial charge in [0.25, 0.3) is 0 Å². The Morgan fingerprint density at radius 2 is 0.929 bits per heavy atom. The Kier molecular flexibility index (Phi) is 3.26. The van der Waals surface area contributed by atoms with Crippen LogP contribution in [-0.2, 0) is 9.66 Å². The Labute approximate surface area is 94.6 Å². The van der Waals surface area contributed by atoms with Crippen LogP contribution in [0, 0.1) is 0 Å². The molecule has 0 spiro atoms. The summed E-state index contributed by atoms with van der Waals surface area (Å²) >= 11 is 4.26. The van der Waals surface area contributed by atoms with E-state index in [4.69, 9.17) is 0 Å². The van der Waals surface area contributed by atoms with E-state index in [-0.39, 0.29) is 11.1 Å². The second kappa shape index (κ2) is 3.81. The van der Waals surface area contributed by atoms with Crippen molar-refractivity contribution in [3.63, 3.8) is 0 Å². The molecule has 0 fully saturated rings. The van der Waals surface area contributed by atoms with Crippen molar-refractivity contribution < 1.29 is 17.6 Å². The van der Waals surface area contributed by atoms with Crippen molar-refractivity contribution >= 4 is 31.9 Å². The van der Waals surface area contributed by atoms with E-state index in [0.717, 1.165) is 24.3 Å². The Hall–Kier alpha value is -0.100. The molecule has 0 N–H and O–H groups in total. The fourth-order valence-corrected chi connectivity index (χ4v) is 1.38. The molecule has 0 radical (unpaired) electrons. The third-order valence-electron chi connectivity index (χ3n) is 1.54. The molecule has 0 nitrogen and oxygen atoms in total. The van der Waals surface area contributed by atoms with Crippen molar-refractivity contribution in [2.75, 3.05) is 0 Å². The third kappa shape index (κ3) is 2.95. The van der Waals surface area contributed by atoms with E-state index < -0.39 is 9.66 Å². The quantitative estimate of drug-likeness (QED) is 0.548. The van der Waals surface area contributed by atoms with Crippen LogP contribution in [0.4, 0.5) is 17.6 Å². The zero-order valence-electron chi connectivity index (χ0n) is 6.58. The lowest BCUT2D eigenvalue weighted by Gasteiger charge is -2.11. The highest BCUT2D eigenvalue weighted by Crippen LogP contribution is 2.38. The fraction of sp³-hybridized carbons (Fsp3) is 0.250. The minimum absolute atomic E-state index is 0.363. The maximum atomic E-state index is 12.6. The molecule has 6 heteroatoms. The summed E-state index contributed by atoms with van der Waals surface area (Å²) in [5.74, 6) is 0. The van der Waals surface area contributed by atoms with Crippen LogP contribution < -0.4 is 0 Å². The summed E-state index contributed by atoms with van der Waals surface area (Å²) in [6.45, 7) is 0. The molecule has 1 rings (SSSR count). The smallest absolute Gasteiger partial charge is 0.188 e. The molecule has 0 aliphatic carbocycles. The SMILES string of the molecule is FC(F)(Br)c1ccc(C(F)(F)Br)cc1. The Morgan fingerprint density at radius 3 is 1.07 bits per heavy atom. The lowest BCUT2D eigenvalue weighted by molar-refractivity contribution is 0.110. The third-order valence-corrected chi connectivity index (χ3v) is 2.46. The highest BCUT2D eigenvalue weighted by Gasteiger charge is 2.30. The summed E-state index contributed by atoms with van der Waals surface area (Å²) < 4.78 is 50.4. The molecule has 0 aromatic heterocycles. The van der Waals surface area contributed by atoms with Crippen molar-refractivity contribution in [2.45, 2.75) is 9.66 Å². The summed E-state index contributed by atoms with van der Waals surface area (Å²) in [6.07, 6.45) is 0. The topological polar surface area (TPSA) is 0 Å². The monoisotopic (exact) mass is 334 g/mol. The van der Waals surface area contributed by atoms with Gasteiger partial charge in [0, 0.05) is 11.1 Å². The molecule has 14 heavy (non-hydrogen) atoms. The largest absolute Gasteiger partial charge is 0.326 e. The van der Waals surface area contributed by atoms with Crippen LogP contribution >= 0.6 is 31.9 Å². The van der Waals surface area contributed by atoms with E-state index in [1.54, 1.807) is 0 Å². The summed E-state index contributed by atoms with van der Waals surface area (Å²) in [5, 5.41) is 0. The van der Waals surface area contributed by atoms with E-state index in [1.807, 2.05) is 0 Å². The number of benzene rings is 1. The van der Waals surface area contributed by atoms with Gasteiger partial charge in [-0.2, -0.15) is 17.6 Å². The molecule has 0 aliphatic rings. The first-order chi connectivity index (χ1) is 6.21. The molecular formula is C8H4Br2F4. The van der Waals surface area contributed by atoms with Crippen molar-refractivity contribution in [2.24, 2.45) is 0 Å². The van der Waals surface area contributed by atoms with Gasteiger partial charge in [-0.1, -0.05) is 24.3 Å². The van der Waals surface area contributed by atoms with Crippen LogP contribution in [0.1, 0.15) is 11.1 Å². The standard InChI is InChI=1S/C8H4Br2F4/c9-7(11,12)5-1-2-6(4-3-5)8(10,13)14/h1-4H. The second-order valence-corrected chi connectivity index (χ2v) is 4.56. The van der Waals surface area contributed by atoms with Crippen molar-refractivity contribution in [1.29, 1.82) is 0 Å². The maximum absolute atomic E-state index is 12.6. The van der Waals surface area contributed by atoms with Crippen molar-refractivity contribution in [1.82, 2.24) is 0 Å². The van der Waals surface area contributed by atoms with Gasteiger partial charge < -0.3 is 0 Å². The highest BCUT2D eigenvalue weighted by molar-refractivity contribution is 9.09. The van der Waals surface area contributed by atoms with E-state index >= 15 is 0 Å². The molecule has 0 amide bonds. The highest BCUT2D eigenvalue weighted by atomic mass is 79.9. The van der Waals surface area contributed by atoms with Gasteiger partial charge in [0.2, 0.25) is 0 Å². The minimum atomic E-state index is -3.19. The first-order valence-electron chi connectivity index (χ1n) is 3.46. The summed E-state index contributed by atoms with van der Waals surface area (Å²) in [7, 11) is 0. The van der Waals surface area contributed by atoms with Crippen LogP contribution in [-0.4, -0.2) is 0 Å². The number of hydrogen-bond donors (Lipinski definition) is 0. The molecule has 0 saturated carbocycles.